The number of hydrogen-bond acceptors (Lipinski definition) is 3. The van der Waals surface area contributed by atoms with Crippen molar-refractivity contribution >= 4 is 5.91 Å². The molecule has 1 amide bonds. The molecule has 4 nitrogen and oxygen atoms in total. The lowest BCUT2D eigenvalue weighted by Gasteiger charge is -2.28. The van der Waals surface area contributed by atoms with Crippen LogP contribution < -0.4 is 5.32 Å². The molecule has 0 aromatic carbocycles. The summed E-state index contributed by atoms with van der Waals surface area (Å²) < 4.78 is 5.34. The van der Waals surface area contributed by atoms with Crippen molar-refractivity contribution in [1.82, 2.24) is 5.32 Å². The van der Waals surface area contributed by atoms with Crippen molar-refractivity contribution in [2.45, 2.75) is 46.1 Å². The summed E-state index contributed by atoms with van der Waals surface area (Å²) in [5.41, 5.74) is 0.645. The molecule has 18 heavy (non-hydrogen) atoms. The first-order valence-corrected chi connectivity index (χ1v) is 6.49. The molecule has 0 bridgehead atoms. The van der Waals surface area contributed by atoms with Crippen LogP contribution in [0.25, 0.3) is 0 Å². The molecule has 1 aliphatic heterocycles. The van der Waals surface area contributed by atoms with Crippen LogP contribution in [0, 0.1) is 5.41 Å². The Labute approximate surface area is 109 Å². The Morgan fingerprint density at radius 2 is 2.17 bits per heavy atom. The van der Waals surface area contributed by atoms with Crippen molar-refractivity contribution in [3.8, 4) is 0 Å². The van der Waals surface area contributed by atoms with Gasteiger partial charge < -0.3 is 15.2 Å². The fourth-order valence-corrected chi connectivity index (χ4v) is 1.89. The van der Waals surface area contributed by atoms with Gasteiger partial charge in [-0.3, -0.25) is 4.79 Å². The maximum absolute atomic E-state index is 12.0. The molecule has 0 unspecified atom stereocenters. The van der Waals surface area contributed by atoms with Crippen LogP contribution in [0.5, 0.6) is 0 Å². The predicted octanol–water partition coefficient (Wildman–Crippen LogP) is 1.64. The molecule has 0 aromatic rings. The Morgan fingerprint density at radius 3 is 2.61 bits per heavy atom. The van der Waals surface area contributed by atoms with Crippen LogP contribution in [-0.4, -0.2) is 36.4 Å². The van der Waals surface area contributed by atoms with Crippen molar-refractivity contribution in [1.29, 1.82) is 0 Å². The van der Waals surface area contributed by atoms with E-state index < -0.39 is 0 Å². The minimum atomic E-state index is -0.388. The Hall–Kier alpha value is -0.870. The topological polar surface area (TPSA) is 58.6 Å². The maximum Gasteiger partial charge on any atom is 0.244 e. The summed E-state index contributed by atoms with van der Waals surface area (Å²) in [6.07, 6.45) is 2.96. The second-order valence-corrected chi connectivity index (χ2v) is 6.12. The SMILES string of the molecule is C/C(=C\C(=O)N[C@@]1(CCO)CCOC1)C(C)(C)C. The van der Waals surface area contributed by atoms with Crippen molar-refractivity contribution in [2.75, 3.05) is 19.8 Å². The lowest BCUT2D eigenvalue weighted by molar-refractivity contribution is -0.118. The quantitative estimate of drug-likeness (QED) is 0.751. The maximum atomic E-state index is 12.0. The second kappa shape index (κ2) is 5.85. The lowest BCUT2D eigenvalue weighted by Crippen LogP contribution is -2.49. The fourth-order valence-electron chi connectivity index (χ4n) is 1.89. The van der Waals surface area contributed by atoms with Gasteiger partial charge in [-0.15, -0.1) is 0 Å². The van der Waals surface area contributed by atoms with Crippen molar-refractivity contribution in [3.05, 3.63) is 11.6 Å². The van der Waals surface area contributed by atoms with Gasteiger partial charge in [0, 0.05) is 19.3 Å². The van der Waals surface area contributed by atoms with Crippen molar-refractivity contribution in [2.24, 2.45) is 5.41 Å². The standard InChI is InChI=1S/C14H25NO3/c1-11(13(2,3)4)9-12(17)15-14(5-7-16)6-8-18-10-14/h9,16H,5-8,10H2,1-4H3,(H,15,17)/b11-9+/t14-/m0/s1. The van der Waals surface area contributed by atoms with Gasteiger partial charge in [0.25, 0.3) is 0 Å². The number of carbonyl (C=O) groups excluding carboxylic acids is 1. The molecule has 1 rings (SSSR count). The molecule has 4 heteroatoms. The summed E-state index contributed by atoms with van der Waals surface area (Å²) >= 11 is 0. The van der Waals surface area contributed by atoms with E-state index in [1.807, 2.05) is 6.92 Å². The molecular weight excluding hydrogens is 230 g/mol. The summed E-state index contributed by atoms with van der Waals surface area (Å²) in [5.74, 6) is -0.0959. The van der Waals surface area contributed by atoms with Gasteiger partial charge in [0.2, 0.25) is 5.91 Å². The lowest BCUT2D eigenvalue weighted by atomic mass is 9.87. The second-order valence-electron chi connectivity index (χ2n) is 6.12. The van der Waals surface area contributed by atoms with Gasteiger partial charge in [-0.25, -0.2) is 0 Å². The first-order valence-electron chi connectivity index (χ1n) is 6.49. The van der Waals surface area contributed by atoms with E-state index in [9.17, 15) is 4.79 Å². The fraction of sp³-hybridized carbons (Fsp3) is 0.786. The number of ether oxygens (including phenoxy) is 1. The molecule has 0 aliphatic carbocycles. The van der Waals surface area contributed by atoms with Crippen LogP contribution >= 0.6 is 0 Å². The van der Waals surface area contributed by atoms with Gasteiger partial charge in [0.05, 0.1) is 12.1 Å². The number of nitrogens with one attached hydrogen (secondary N) is 1. The molecule has 1 saturated heterocycles. The van der Waals surface area contributed by atoms with Crippen LogP contribution in [0.15, 0.2) is 11.6 Å². The van der Waals surface area contributed by atoms with Gasteiger partial charge in [0.15, 0.2) is 0 Å². The summed E-state index contributed by atoms with van der Waals surface area (Å²) in [7, 11) is 0. The first kappa shape index (κ1) is 15.2. The minimum absolute atomic E-state index is 0.00629. The highest BCUT2D eigenvalue weighted by atomic mass is 16.5. The van der Waals surface area contributed by atoms with Gasteiger partial charge in [0.1, 0.15) is 0 Å². The third kappa shape index (κ3) is 4.10. The van der Waals surface area contributed by atoms with E-state index in [1.165, 1.54) is 0 Å². The molecule has 0 aromatic heterocycles. The first-order chi connectivity index (χ1) is 8.29. The van der Waals surface area contributed by atoms with Crippen LogP contribution in [0.1, 0.15) is 40.5 Å². The molecule has 104 valence electrons. The number of carbonyl (C=O) groups is 1. The molecular formula is C14H25NO3. The number of aliphatic hydroxyl groups is 1. The normalized spacial score (nSPS) is 25.3. The zero-order chi connectivity index (χ0) is 13.8. The molecule has 0 radical (unpaired) electrons. The smallest absolute Gasteiger partial charge is 0.244 e. The highest BCUT2D eigenvalue weighted by Gasteiger charge is 2.35. The molecule has 1 atom stereocenters. The summed E-state index contributed by atoms with van der Waals surface area (Å²) in [6.45, 7) is 9.38. The van der Waals surface area contributed by atoms with E-state index in [1.54, 1.807) is 6.08 Å². The zero-order valence-electron chi connectivity index (χ0n) is 11.9. The predicted molar refractivity (Wildman–Crippen MR) is 71.2 cm³/mol. The highest BCUT2D eigenvalue weighted by molar-refractivity contribution is 5.89. The minimum Gasteiger partial charge on any atom is -0.396 e. The van der Waals surface area contributed by atoms with Gasteiger partial charge in [-0.05, 0) is 25.2 Å². The van der Waals surface area contributed by atoms with Crippen LogP contribution in [0.2, 0.25) is 0 Å². The summed E-state index contributed by atoms with van der Waals surface area (Å²) in [5, 5.41) is 12.1. The van der Waals surface area contributed by atoms with Crippen LogP contribution in [-0.2, 0) is 9.53 Å². The van der Waals surface area contributed by atoms with Crippen molar-refractivity contribution in [3.63, 3.8) is 0 Å². The number of allylic oxidation sites excluding steroid dienone is 1. The molecule has 1 aliphatic rings. The Kier molecular flexibility index (Phi) is 4.93. The largest absolute Gasteiger partial charge is 0.396 e. The molecule has 0 spiro atoms. The van der Waals surface area contributed by atoms with E-state index in [0.29, 0.717) is 19.6 Å². The average molecular weight is 255 g/mol. The molecule has 2 N–H and O–H groups in total. The number of amides is 1. The summed E-state index contributed by atoms with van der Waals surface area (Å²) in [4.78, 5) is 12.0. The highest BCUT2D eigenvalue weighted by Crippen LogP contribution is 2.25. The third-order valence-corrected chi connectivity index (χ3v) is 3.61. The van der Waals surface area contributed by atoms with Crippen LogP contribution in [0.3, 0.4) is 0 Å². The van der Waals surface area contributed by atoms with Crippen LogP contribution in [0.4, 0.5) is 0 Å². The monoisotopic (exact) mass is 255 g/mol. The Balaban J connectivity index is 2.68. The Morgan fingerprint density at radius 1 is 1.50 bits per heavy atom. The number of hydrogen-bond donors (Lipinski definition) is 2. The summed E-state index contributed by atoms with van der Waals surface area (Å²) in [6, 6.07) is 0. The van der Waals surface area contributed by atoms with E-state index in [4.69, 9.17) is 9.84 Å². The zero-order valence-corrected chi connectivity index (χ0v) is 11.9. The van der Waals surface area contributed by atoms with Gasteiger partial charge >= 0.3 is 0 Å². The van der Waals surface area contributed by atoms with Gasteiger partial charge in [-0.1, -0.05) is 26.3 Å². The molecule has 1 heterocycles. The number of rotatable bonds is 4. The molecule has 0 saturated carbocycles. The average Bonchev–Trinajstić information content (AvgIpc) is 2.65. The van der Waals surface area contributed by atoms with E-state index in [2.05, 4.69) is 26.1 Å². The molecule has 1 fully saturated rings. The van der Waals surface area contributed by atoms with E-state index in [-0.39, 0.29) is 23.5 Å². The number of aliphatic hydroxyl groups excluding tert-OH is 1. The third-order valence-electron chi connectivity index (χ3n) is 3.61. The van der Waals surface area contributed by atoms with E-state index in [0.717, 1.165) is 12.0 Å². The Bertz CT molecular complexity index is 322. The van der Waals surface area contributed by atoms with Gasteiger partial charge in [-0.2, -0.15) is 0 Å². The van der Waals surface area contributed by atoms with Crippen molar-refractivity contribution < 1.29 is 14.6 Å². The van der Waals surface area contributed by atoms with E-state index >= 15 is 0 Å².